The molecule has 1 aliphatic heterocycles. The van der Waals surface area contributed by atoms with Crippen LogP contribution in [0.3, 0.4) is 0 Å². The summed E-state index contributed by atoms with van der Waals surface area (Å²) in [5.74, 6) is -0.699. The van der Waals surface area contributed by atoms with Crippen LogP contribution < -0.4 is 10.6 Å². The van der Waals surface area contributed by atoms with Gasteiger partial charge in [0.2, 0.25) is 5.91 Å². The average molecular weight is 402 g/mol. The van der Waals surface area contributed by atoms with Crippen LogP contribution in [0.1, 0.15) is 45.6 Å². The number of non-ortho nitro benzene ring substituents is 1. The van der Waals surface area contributed by atoms with E-state index in [1.807, 2.05) is 0 Å². The highest BCUT2D eigenvalue weighted by Gasteiger charge is 2.56. The number of benzene rings is 1. The molecule has 9 heteroatoms. The summed E-state index contributed by atoms with van der Waals surface area (Å²) in [5, 5.41) is 16.4. The second-order valence-corrected chi connectivity index (χ2v) is 9.06. The zero-order chi connectivity index (χ0) is 21.6. The number of nitro benzene ring substituents is 1. The molecule has 1 aliphatic carbocycles. The Hall–Kier alpha value is -2.97. The Morgan fingerprint density at radius 3 is 2.66 bits per heavy atom. The second kappa shape index (κ2) is 7.13. The SMILES string of the molecule is Cc1ccc([N+](=O)[O-])cc1NC(=O)CN1C(=O)N[C@@]2(C[C@@H](C)CC(C)(C)C2)C1=O. The van der Waals surface area contributed by atoms with Crippen LogP contribution >= 0.6 is 0 Å². The zero-order valence-electron chi connectivity index (χ0n) is 17.1. The Morgan fingerprint density at radius 1 is 1.34 bits per heavy atom. The normalized spacial score (nSPS) is 25.8. The van der Waals surface area contributed by atoms with Gasteiger partial charge in [0.1, 0.15) is 12.1 Å². The number of imide groups is 1. The molecule has 2 fully saturated rings. The molecule has 0 radical (unpaired) electrons. The van der Waals surface area contributed by atoms with Gasteiger partial charge in [0.05, 0.1) is 10.6 Å². The van der Waals surface area contributed by atoms with E-state index in [0.29, 0.717) is 18.4 Å². The van der Waals surface area contributed by atoms with E-state index in [-0.39, 0.29) is 28.6 Å². The van der Waals surface area contributed by atoms with Crippen molar-refractivity contribution in [2.75, 3.05) is 11.9 Å². The Bertz CT molecular complexity index is 897. The standard InChI is InChI=1S/C20H26N4O5/c1-12-8-19(3,4)11-20(9-12)17(26)23(18(27)22-20)10-16(25)21-15-7-14(24(28)29)6-5-13(15)2/h5-7,12H,8-11H2,1-4H3,(H,21,25)(H,22,27)/t12-,20+/m0/s1. The van der Waals surface area contributed by atoms with Crippen molar-refractivity contribution in [3.63, 3.8) is 0 Å². The van der Waals surface area contributed by atoms with E-state index < -0.39 is 28.9 Å². The van der Waals surface area contributed by atoms with Crippen LogP contribution in [0.15, 0.2) is 18.2 Å². The molecule has 2 atom stereocenters. The maximum Gasteiger partial charge on any atom is 0.325 e. The summed E-state index contributed by atoms with van der Waals surface area (Å²) in [6.07, 6.45) is 2.03. The molecule has 4 amide bonds. The average Bonchev–Trinajstić information content (AvgIpc) is 2.78. The number of nitro groups is 1. The lowest BCUT2D eigenvalue weighted by atomic mass is 9.64. The number of urea groups is 1. The molecule has 1 saturated carbocycles. The highest BCUT2D eigenvalue weighted by molar-refractivity contribution is 6.10. The molecule has 9 nitrogen and oxygen atoms in total. The first kappa shape index (κ1) is 20.8. The zero-order valence-corrected chi connectivity index (χ0v) is 17.1. The number of rotatable bonds is 4. The van der Waals surface area contributed by atoms with Gasteiger partial charge in [-0.05, 0) is 43.1 Å². The fraction of sp³-hybridized carbons (Fsp3) is 0.550. The highest BCUT2D eigenvalue weighted by atomic mass is 16.6. The minimum atomic E-state index is -0.972. The Morgan fingerprint density at radius 2 is 2.03 bits per heavy atom. The van der Waals surface area contributed by atoms with Crippen molar-refractivity contribution in [2.24, 2.45) is 11.3 Å². The first-order chi connectivity index (χ1) is 13.4. The summed E-state index contributed by atoms with van der Waals surface area (Å²) in [6.45, 7) is 7.47. The van der Waals surface area contributed by atoms with Crippen molar-refractivity contribution >= 4 is 29.2 Å². The van der Waals surface area contributed by atoms with Crippen LogP contribution in [0.5, 0.6) is 0 Å². The number of nitrogens with one attached hydrogen (secondary N) is 2. The third kappa shape index (κ3) is 4.08. The summed E-state index contributed by atoms with van der Waals surface area (Å²) in [6, 6.07) is 3.55. The van der Waals surface area contributed by atoms with Crippen LogP contribution in [-0.4, -0.2) is 39.8 Å². The van der Waals surface area contributed by atoms with Gasteiger partial charge in [-0.2, -0.15) is 0 Å². The predicted octanol–water partition coefficient (Wildman–Crippen LogP) is 2.98. The molecule has 1 heterocycles. The number of hydrogen-bond acceptors (Lipinski definition) is 5. The van der Waals surface area contributed by atoms with Crippen LogP contribution in [0.25, 0.3) is 0 Å². The number of amides is 4. The first-order valence-corrected chi connectivity index (χ1v) is 9.61. The van der Waals surface area contributed by atoms with Crippen LogP contribution in [-0.2, 0) is 9.59 Å². The van der Waals surface area contributed by atoms with Crippen LogP contribution in [0.2, 0.25) is 0 Å². The molecule has 3 rings (SSSR count). The smallest absolute Gasteiger partial charge is 0.324 e. The van der Waals surface area contributed by atoms with Gasteiger partial charge >= 0.3 is 6.03 Å². The molecular weight excluding hydrogens is 376 g/mol. The molecule has 29 heavy (non-hydrogen) atoms. The van der Waals surface area contributed by atoms with Gasteiger partial charge in [0, 0.05) is 12.1 Å². The van der Waals surface area contributed by atoms with E-state index in [9.17, 15) is 24.5 Å². The molecule has 0 bridgehead atoms. The minimum Gasteiger partial charge on any atom is -0.324 e. The summed E-state index contributed by atoms with van der Waals surface area (Å²) < 4.78 is 0. The number of hydrogen-bond donors (Lipinski definition) is 2. The van der Waals surface area contributed by atoms with Crippen LogP contribution in [0.4, 0.5) is 16.2 Å². The first-order valence-electron chi connectivity index (χ1n) is 9.61. The van der Waals surface area contributed by atoms with Gasteiger partial charge < -0.3 is 10.6 Å². The van der Waals surface area contributed by atoms with E-state index in [1.165, 1.54) is 18.2 Å². The molecule has 1 saturated heterocycles. The highest BCUT2D eigenvalue weighted by Crippen LogP contribution is 2.46. The number of aryl methyl sites for hydroxylation is 1. The van der Waals surface area contributed by atoms with E-state index >= 15 is 0 Å². The number of nitrogens with zero attached hydrogens (tertiary/aromatic N) is 2. The topological polar surface area (TPSA) is 122 Å². The van der Waals surface area contributed by atoms with Crippen molar-refractivity contribution < 1.29 is 19.3 Å². The Kier molecular flexibility index (Phi) is 5.10. The largest absolute Gasteiger partial charge is 0.325 e. The van der Waals surface area contributed by atoms with Gasteiger partial charge in [-0.15, -0.1) is 0 Å². The van der Waals surface area contributed by atoms with Gasteiger partial charge in [-0.3, -0.25) is 24.6 Å². The van der Waals surface area contributed by atoms with E-state index in [0.717, 1.165) is 11.3 Å². The molecule has 0 aromatic heterocycles. The Labute approximate surface area is 169 Å². The summed E-state index contributed by atoms with van der Waals surface area (Å²) in [5.41, 5.74) is -0.309. The van der Waals surface area contributed by atoms with Crippen molar-refractivity contribution in [3.8, 4) is 0 Å². The predicted molar refractivity (Wildman–Crippen MR) is 106 cm³/mol. The summed E-state index contributed by atoms with van der Waals surface area (Å²) in [7, 11) is 0. The van der Waals surface area contributed by atoms with Gasteiger partial charge in [-0.1, -0.05) is 26.8 Å². The molecular formula is C20H26N4O5. The fourth-order valence-electron chi connectivity index (χ4n) is 4.84. The van der Waals surface area contributed by atoms with Gasteiger partial charge in [0.25, 0.3) is 11.6 Å². The third-order valence-corrected chi connectivity index (χ3v) is 5.63. The Balaban J connectivity index is 1.75. The lowest BCUT2D eigenvalue weighted by Crippen LogP contribution is -2.54. The molecule has 1 aromatic carbocycles. The van der Waals surface area contributed by atoms with Gasteiger partial charge in [0.15, 0.2) is 0 Å². The maximum atomic E-state index is 13.1. The van der Waals surface area contributed by atoms with E-state index in [1.54, 1.807) is 6.92 Å². The number of anilines is 1. The van der Waals surface area contributed by atoms with Crippen molar-refractivity contribution in [1.82, 2.24) is 10.2 Å². The van der Waals surface area contributed by atoms with E-state index in [2.05, 4.69) is 31.4 Å². The molecule has 0 unspecified atom stereocenters. The van der Waals surface area contributed by atoms with Gasteiger partial charge in [-0.25, -0.2) is 4.79 Å². The van der Waals surface area contributed by atoms with Crippen molar-refractivity contribution in [1.29, 1.82) is 0 Å². The minimum absolute atomic E-state index is 0.0983. The van der Waals surface area contributed by atoms with E-state index in [4.69, 9.17) is 0 Å². The summed E-state index contributed by atoms with van der Waals surface area (Å²) in [4.78, 5) is 49.4. The monoisotopic (exact) mass is 402 g/mol. The number of carbonyl (C=O) groups is 3. The van der Waals surface area contributed by atoms with Crippen molar-refractivity contribution in [2.45, 2.75) is 52.5 Å². The lowest BCUT2D eigenvalue weighted by molar-refractivity contribution is -0.384. The summed E-state index contributed by atoms with van der Waals surface area (Å²) >= 11 is 0. The van der Waals surface area contributed by atoms with Crippen LogP contribution in [0, 0.1) is 28.4 Å². The molecule has 2 aliphatic rings. The molecule has 2 N–H and O–H groups in total. The third-order valence-electron chi connectivity index (χ3n) is 5.63. The molecule has 1 spiro atoms. The molecule has 1 aromatic rings. The number of carbonyl (C=O) groups excluding carboxylic acids is 3. The maximum absolute atomic E-state index is 13.1. The lowest BCUT2D eigenvalue weighted by Gasteiger charge is -2.43. The quantitative estimate of drug-likeness (QED) is 0.455. The molecule has 156 valence electrons. The fourth-order valence-corrected chi connectivity index (χ4v) is 4.84. The second-order valence-electron chi connectivity index (χ2n) is 9.06. The van der Waals surface area contributed by atoms with Crippen molar-refractivity contribution in [3.05, 3.63) is 33.9 Å².